The first-order valence-corrected chi connectivity index (χ1v) is 12.3. The van der Waals surface area contributed by atoms with Gasteiger partial charge in [0.25, 0.3) is 0 Å². The molecule has 0 aromatic carbocycles. The molecule has 1 saturated heterocycles. The molecule has 4 fully saturated rings. The molecule has 3 unspecified atom stereocenters. The van der Waals surface area contributed by atoms with Gasteiger partial charge in [-0.3, -0.25) is 9.59 Å². The number of rotatable bonds is 6. The molecule has 174 valence electrons. The first kappa shape index (κ1) is 22.1. The van der Waals surface area contributed by atoms with Gasteiger partial charge in [0, 0.05) is 11.8 Å². The third-order valence-electron chi connectivity index (χ3n) is 9.70. The van der Waals surface area contributed by atoms with Crippen LogP contribution in [0.2, 0.25) is 0 Å². The molecule has 0 amide bonds. The van der Waals surface area contributed by atoms with Crippen LogP contribution in [0.5, 0.6) is 0 Å². The fourth-order valence-corrected chi connectivity index (χ4v) is 8.30. The Morgan fingerprint density at radius 2 is 2.12 bits per heavy atom. The van der Waals surface area contributed by atoms with Crippen molar-refractivity contribution in [2.24, 2.45) is 34.5 Å². The number of hydrogen-bond donors (Lipinski definition) is 1. The zero-order valence-corrected chi connectivity index (χ0v) is 19.2. The summed E-state index contributed by atoms with van der Waals surface area (Å²) < 4.78 is 11.8. The predicted molar refractivity (Wildman–Crippen MR) is 121 cm³/mol. The number of fused-ring (bicyclic) bond motifs is 3. The highest BCUT2D eigenvalue weighted by Crippen LogP contribution is 2.69. The third-order valence-corrected chi connectivity index (χ3v) is 9.70. The van der Waals surface area contributed by atoms with E-state index in [2.05, 4.69) is 13.5 Å². The minimum atomic E-state index is -0.273. The van der Waals surface area contributed by atoms with Crippen LogP contribution in [-0.4, -0.2) is 42.8 Å². The number of ketones is 1. The molecule has 0 aromatic rings. The summed E-state index contributed by atoms with van der Waals surface area (Å²) in [5, 5.41) is 8.79. The van der Waals surface area contributed by atoms with Crippen LogP contribution in [0.1, 0.15) is 58.3 Å². The maximum Gasteiger partial charge on any atom is 0.309 e. The maximum absolute atomic E-state index is 12.1. The monoisotopic (exact) mass is 440 g/mol. The summed E-state index contributed by atoms with van der Waals surface area (Å²) in [6.45, 7) is 7.83. The first-order valence-electron chi connectivity index (χ1n) is 12.3. The highest BCUT2D eigenvalue weighted by atomic mass is 16.5. The van der Waals surface area contributed by atoms with Crippen molar-refractivity contribution in [1.29, 1.82) is 0 Å². The van der Waals surface area contributed by atoms with Gasteiger partial charge in [0.2, 0.25) is 0 Å². The molecule has 4 aliphatic carbocycles. The van der Waals surface area contributed by atoms with E-state index in [4.69, 9.17) is 14.6 Å². The summed E-state index contributed by atoms with van der Waals surface area (Å²) >= 11 is 0. The lowest BCUT2D eigenvalue weighted by Crippen LogP contribution is -2.52. The maximum atomic E-state index is 12.1. The van der Waals surface area contributed by atoms with E-state index in [1.54, 1.807) is 12.2 Å². The topological polar surface area (TPSA) is 72.8 Å². The molecule has 1 heterocycles. The number of carbonyl (C=O) groups excluding carboxylic acids is 2. The van der Waals surface area contributed by atoms with E-state index in [0.717, 1.165) is 31.4 Å². The second kappa shape index (κ2) is 8.25. The summed E-state index contributed by atoms with van der Waals surface area (Å²) in [6, 6.07) is 0. The lowest BCUT2D eigenvalue weighted by atomic mass is 9.46. The summed E-state index contributed by atoms with van der Waals surface area (Å²) in [5.41, 5.74) is 2.67. The van der Waals surface area contributed by atoms with Crippen LogP contribution in [-0.2, 0) is 19.1 Å². The molecule has 1 aliphatic heterocycles. The van der Waals surface area contributed by atoms with E-state index >= 15 is 0 Å². The predicted octanol–water partition coefficient (Wildman–Crippen LogP) is 4.16. The van der Waals surface area contributed by atoms with Crippen molar-refractivity contribution in [3.63, 3.8) is 0 Å². The van der Waals surface area contributed by atoms with Crippen molar-refractivity contribution in [3.8, 4) is 0 Å². The Morgan fingerprint density at radius 1 is 1.28 bits per heavy atom. The summed E-state index contributed by atoms with van der Waals surface area (Å²) in [7, 11) is 0. The van der Waals surface area contributed by atoms with Crippen LogP contribution in [0.15, 0.2) is 36.0 Å². The Balaban J connectivity index is 1.29. The standard InChI is InChI=1S/C27H36O5/c1-17(15-31-25(30)5-3-4-12-28)20-6-7-21-19-14-24-23-13-18(29)8-11-27(23,16-32-24)22(19)9-10-26(20,21)2/h3-4,13,19-22,24,28H,1,5-12,14-16H2,2H3/t19?,20-,21?,22?,24+,26-,27+/m1/s1. The Bertz CT molecular complexity index is 871. The molecule has 5 rings (SSSR count). The van der Waals surface area contributed by atoms with Gasteiger partial charge in [-0.25, -0.2) is 0 Å². The van der Waals surface area contributed by atoms with Crippen molar-refractivity contribution < 1.29 is 24.2 Å². The van der Waals surface area contributed by atoms with Crippen molar-refractivity contribution >= 4 is 11.8 Å². The lowest BCUT2D eigenvalue weighted by molar-refractivity contribution is -0.142. The van der Waals surface area contributed by atoms with Gasteiger partial charge in [-0.2, -0.15) is 0 Å². The van der Waals surface area contributed by atoms with E-state index in [-0.39, 0.29) is 48.3 Å². The van der Waals surface area contributed by atoms with E-state index in [1.807, 2.05) is 6.08 Å². The minimum absolute atomic E-state index is 0.0647. The second-order valence-corrected chi connectivity index (χ2v) is 11.0. The van der Waals surface area contributed by atoms with Crippen molar-refractivity contribution in [2.45, 2.75) is 64.4 Å². The van der Waals surface area contributed by atoms with Crippen molar-refractivity contribution in [1.82, 2.24) is 0 Å². The van der Waals surface area contributed by atoms with Crippen LogP contribution in [0.3, 0.4) is 0 Å². The minimum Gasteiger partial charge on any atom is -0.461 e. The Hall–Kier alpha value is -1.72. The highest BCUT2D eigenvalue weighted by Gasteiger charge is 2.64. The van der Waals surface area contributed by atoms with E-state index < -0.39 is 0 Å². The van der Waals surface area contributed by atoms with Gasteiger partial charge in [0.05, 0.1) is 25.7 Å². The van der Waals surface area contributed by atoms with E-state index in [9.17, 15) is 9.59 Å². The van der Waals surface area contributed by atoms with Crippen molar-refractivity contribution in [2.75, 3.05) is 19.8 Å². The molecular weight excluding hydrogens is 404 g/mol. The Labute approximate surface area is 190 Å². The Morgan fingerprint density at radius 3 is 2.94 bits per heavy atom. The van der Waals surface area contributed by atoms with Gasteiger partial charge < -0.3 is 14.6 Å². The molecule has 3 saturated carbocycles. The fourth-order valence-electron chi connectivity index (χ4n) is 8.30. The van der Waals surface area contributed by atoms with Crippen LogP contribution >= 0.6 is 0 Å². The SMILES string of the molecule is C=C(COC(=O)CC=CCO)[C@H]1CCC2C3C[C@@H]4OC[C@@]5(CCC(=O)C=C45)C3CC[C@@]21C. The molecular formula is C27H36O5. The molecule has 2 bridgehead atoms. The number of hydrogen-bond acceptors (Lipinski definition) is 5. The summed E-state index contributed by atoms with van der Waals surface area (Å²) in [5.74, 6) is 2.31. The number of carbonyl (C=O) groups is 2. The Kier molecular flexibility index (Phi) is 5.69. The van der Waals surface area contributed by atoms with Crippen LogP contribution in [0.4, 0.5) is 0 Å². The zero-order chi connectivity index (χ0) is 22.5. The number of aliphatic hydroxyl groups excluding tert-OH is 1. The van der Waals surface area contributed by atoms with Crippen LogP contribution in [0, 0.1) is 34.5 Å². The molecule has 0 spiro atoms. The number of ether oxygens (including phenoxy) is 2. The molecule has 7 atom stereocenters. The molecule has 0 radical (unpaired) electrons. The molecule has 32 heavy (non-hydrogen) atoms. The number of esters is 1. The van der Waals surface area contributed by atoms with Gasteiger partial charge in [0.1, 0.15) is 6.61 Å². The van der Waals surface area contributed by atoms with Gasteiger partial charge in [-0.1, -0.05) is 25.7 Å². The average molecular weight is 441 g/mol. The van der Waals surface area contributed by atoms with Crippen LogP contribution < -0.4 is 0 Å². The second-order valence-electron chi connectivity index (χ2n) is 11.0. The van der Waals surface area contributed by atoms with Gasteiger partial charge in [-0.15, -0.1) is 0 Å². The molecule has 0 aromatic heterocycles. The molecule has 5 heteroatoms. The highest BCUT2D eigenvalue weighted by molar-refractivity contribution is 5.92. The van der Waals surface area contributed by atoms with Gasteiger partial charge in [0.15, 0.2) is 5.78 Å². The van der Waals surface area contributed by atoms with Crippen LogP contribution in [0.25, 0.3) is 0 Å². The van der Waals surface area contributed by atoms with Crippen molar-refractivity contribution in [3.05, 3.63) is 36.0 Å². The van der Waals surface area contributed by atoms with E-state index in [0.29, 0.717) is 30.1 Å². The zero-order valence-electron chi connectivity index (χ0n) is 19.2. The molecule has 1 N–H and O–H groups in total. The lowest BCUT2D eigenvalue weighted by Gasteiger charge is -2.57. The smallest absolute Gasteiger partial charge is 0.309 e. The van der Waals surface area contributed by atoms with E-state index in [1.165, 1.54) is 24.8 Å². The fraction of sp³-hybridized carbons (Fsp3) is 0.704. The average Bonchev–Trinajstić information content (AvgIpc) is 3.26. The molecule has 5 aliphatic rings. The largest absolute Gasteiger partial charge is 0.461 e. The summed E-state index contributed by atoms with van der Waals surface area (Å²) in [6.07, 6.45) is 12.8. The quantitative estimate of drug-likeness (QED) is 0.496. The normalized spacial score (nSPS) is 42.2. The molecule has 5 nitrogen and oxygen atoms in total. The number of aliphatic hydroxyl groups is 1. The van der Waals surface area contributed by atoms with Gasteiger partial charge >= 0.3 is 5.97 Å². The third kappa shape index (κ3) is 3.35. The summed E-state index contributed by atoms with van der Waals surface area (Å²) in [4.78, 5) is 24.1. The van der Waals surface area contributed by atoms with Gasteiger partial charge in [-0.05, 0) is 84.8 Å². The first-order chi connectivity index (χ1) is 15.4.